The summed E-state index contributed by atoms with van der Waals surface area (Å²) in [6, 6.07) is 7.75. The van der Waals surface area contributed by atoms with E-state index in [-0.39, 0.29) is 6.09 Å². The number of aromatic nitrogens is 2. The van der Waals surface area contributed by atoms with Crippen LogP contribution < -0.4 is 4.74 Å². The largest absolute Gasteiger partial charge is 0.497 e. The Morgan fingerprint density at radius 1 is 1.45 bits per heavy atom. The first-order chi connectivity index (χ1) is 10.7. The summed E-state index contributed by atoms with van der Waals surface area (Å²) in [6.07, 6.45) is 0.458. The molecular weight excluding hydrogens is 282 g/mol. The zero-order valence-electron chi connectivity index (χ0n) is 12.8. The lowest BCUT2D eigenvalue weighted by Crippen LogP contribution is -2.36. The van der Waals surface area contributed by atoms with Crippen molar-refractivity contribution in [3.8, 4) is 17.1 Å². The molecule has 0 radical (unpaired) electrons. The molecular formula is C16H19N3O3. The number of amides is 1. The summed E-state index contributed by atoms with van der Waals surface area (Å²) in [5, 5.41) is 0. The lowest BCUT2D eigenvalue weighted by atomic mass is 10.1. The minimum atomic E-state index is -0.273. The van der Waals surface area contributed by atoms with E-state index < -0.39 is 0 Å². The van der Waals surface area contributed by atoms with E-state index in [0.717, 1.165) is 34.9 Å². The van der Waals surface area contributed by atoms with E-state index in [1.54, 1.807) is 12.0 Å². The molecule has 0 fully saturated rings. The number of rotatable bonds is 3. The molecule has 0 aliphatic carbocycles. The van der Waals surface area contributed by atoms with Crippen molar-refractivity contribution in [2.45, 2.75) is 19.9 Å². The number of aromatic amines is 1. The number of methoxy groups -OCH3 is 1. The first kappa shape index (κ1) is 14.4. The first-order valence-corrected chi connectivity index (χ1v) is 7.35. The summed E-state index contributed by atoms with van der Waals surface area (Å²) in [5.74, 6) is 1.59. The molecule has 6 heteroatoms. The Kier molecular flexibility index (Phi) is 4.00. The van der Waals surface area contributed by atoms with Gasteiger partial charge in [-0.15, -0.1) is 0 Å². The normalized spacial score (nSPS) is 13.6. The van der Waals surface area contributed by atoms with Gasteiger partial charge in [0.1, 0.15) is 11.6 Å². The molecule has 0 saturated heterocycles. The number of nitrogens with zero attached hydrogens (tertiary/aromatic N) is 2. The molecule has 0 unspecified atom stereocenters. The number of imidazole rings is 1. The summed E-state index contributed by atoms with van der Waals surface area (Å²) in [6.45, 7) is 3.34. The Morgan fingerprint density at radius 2 is 2.32 bits per heavy atom. The number of benzene rings is 1. The van der Waals surface area contributed by atoms with Gasteiger partial charge < -0.3 is 19.4 Å². The monoisotopic (exact) mass is 301 g/mol. The molecule has 2 aromatic rings. The molecule has 6 nitrogen and oxygen atoms in total. The zero-order valence-corrected chi connectivity index (χ0v) is 12.8. The van der Waals surface area contributed by atoms with Gasteiger partial charge in [-0.2, -0.15) is 0 Å². The third kappa shape index (κ3) is 2.77. The number of nitrogens with one attached hydrogen (secondary N) is 1. The van der Waals surface area contributed by atoms with Crippen molar-refractivity contribution >= 4 is 6.09 Å². The van der Waals surface area contributed by atoms with Gasteiger partial charge in [-0.3, -0.25) is 0 Å². The average molecular weight is 301 g/mol. The maximum absolute atomic E-state index is 11.8. The topological polar surface area (TPSA) is 67.4 Å². The van der Waals surface area contributed by atoms with Gasteiger partial charge in [0.05, 0.1) is 31.6 Å². The van der Waals surface area contributed by atoms with Gasteiger partial charge in [-0.1, -0.05) is 12.1 Å². The SMILES string of the molecule is CCOC(=O)N1CCc2nc(-c3cccc(OC)c3)[nH]c2C1. The van der Waals surface area contributed by atoms with Crippen molar-refractivity contribution in [2.24, 2.45) is 0 Å². The van der Waals surface area contributed by atoms with Crippen LogP contribution in [0.2, 0.25) is 0 Å². The second kappa shape index (κ2) is 6.09. The molecule has 0 saturated carbocycles. The molecule has 1 amide bonds. The minimum absolute atomic E-state index is 0.273. The maximum atomic E-state index is 11.8. The van der Waals surface area contributed by atoms with Gasteiger partial charge in [0.2, 0.25) is 0 Å². The molecule has 116 valence electrons. The van der Waals surface area contributed by atoms with E-state index in [0.29, 0.717) is 19.7 Å². The molecule has 1 N–H and O–H groups in total. The predicted octanol–water partition coefficient (Wildman–Crippen LogP) is 2.60. The molecule has 1 aromatic heterocycles. The standard InChI is InChI=1S/C16H19N3O3/c1-3-22-16(20)19-8-7-13-14(10-19)18-15(17-13)11-5-4-6-12(9-11)21-2/h4-6,9H,3,7-8,10H2,1-2H3,(H,17,18). The summed E-state index contributed by atoms with van der Waals surface area (Å²) < 4.78 is 10.3. The van der Waals surface area contributed by atoms with E-state index in [1.807, 2.05) is 31.2 Å². The lowest BCUT2D eigenvalue weighted by Gasteiger charge is -2.25. The van der Waals surface area contributed by atoms with Gasteiger partial charge in [0.15, 0.2) is 0 Å². The molecule has 0 bridgehead atoms. The van der Waals surface area contributed by atoms with Crippen LogP contribution in [0.3, 0.4) is 0 Å². The summed E-state index contributed by atoms with van der Waals surface area (Å²) in [7, 11) is 1.64. The highest BCUT2D eigenvalue weighted by Gasteiger charge is 2.24. The van der Waals surface area contributed by atoms with Crippen LogP contribution in [0.1, 0.15) is 18.3 Å². The minimum Gasteiger partial charge on any atom is -0.497 e. The highest BCUT2D eigenvalue weighted by atomic mass is 16.6. The third-order valence-corrected chi connectivity index (χ3v) is 3.70. The fourth-order valence-electron chi connectivity index (χ4n) is 2.57. The Morgan fingerprint density at radius 3 is 3.09 bits per heavy atom. The molecule has 0 atom stereocenters. The zero-order chi connectivity index (χ0) is 15.5. The van der Waals surface area contributed by atoms with Crippen LogP contribution in [-0.2, 0) is 17.7 Å². The first-order valence-electron chi connectivity index (χ1n) is 7.35. The number of H-pyrrole nitrogens is 1. The van der Waals surface area contributed by atoms with Crippen molar-refractivity contribution < 1.29 is 14.3 Å². The fourth-order valence-corrected chi connectivity index (χ4v) is 2.57. The molecule has 1 aromatic carbocycles. The van der Waals surface area contributed by atoms with Crippen molar-refractivity contribution in [2.75, 3.05) is 20.3 Å². The van der Waals surface area contributed by atoms with Gasteiger partial charge >= 0.3 is 6.09 Å². The van der Waals surface area contributed by atoms with Crippen LogP contribution in [0.4, 0.5) is 4.79 Å². The van der Waals surface area contributed by atoms with Gasteiger partial charge in [-0.25, -0.2) is 9.78 Å². The summed E-state index contributed by atoms with van der Waals surface area (Å²) in [4.78, 5) is 21.5. The van der Waals surface area contributed by atoms with Crippen molar-refractivity contribution in [3.05, 3.63) is 35.7 Å². The second-order valence-corrected chi connectivity index (χ2v) is 5.11. The van der Waals surface area contributed by atoms with E-state index in [9.17, 15) is 4.79 Å². The van der Waals surface area contributed by atoms with Crippen LogP contribution in [0, 0.1) is 0 Å². The smallest absolute Gasteiger partial charge is 0.410 e. The Balaban J connectivity index is 1.82. The van der Waals surface area contributed by atoms with Gasteiger partial charge in [0.25, 0.3) is 0 Å². The Bertz CT molecular complexity index is 681. The van der Waals surface area contributed by atoms with Crippen molar-refractivity contribution in [3.63, 3.8) is 0 Å². The van der Waals surface area contributed by atoms with Crippen LogP contribution >= 0.6 is 0 Å². The Hall–Kier alpha value is -2.50. The number of hydrogen-bond acceptors (Lipinski definition) is 4. The highest BCUT2D eigenvalue weighted by molar-refractivity contribution is 5.68. The molecule has 22 heavy (non-hydrogen) atoms. The van der Waals surface area contributed by atoms with Crippen LogP contribution in [0.5, 0.6) is 5.75 Å². The lowest BCUT2D eigenvalue weighted by molar-refractivity contribution is 0.102. The van der Waals surface area contributed by atoms with Crippen LogP contribution in [0.15, 0.2) is 24.3 Å². The number of carbonyl (C=O) groups excluding carboxylic acids is 1. The highest BCUT2D eigenvalue weighted by Crippen LogP contribution is 2.25. The van der Waals surface area contributed by atoms with E-state index in [2.05, 4.69) is 9.97 Å². The average Bonchev–Trinajstić information content (AvgIpc) is 2.98. The summed E-state index contributed by atoms with van der Waals surface area (Å²) >= 11 is 0. The van der Waals surface area contributed by atoms with E-state index in [4.69, 9.17) is 9.47 Å². The Labute approximate surface area is 129 Å². The molecule has 3 rings (SSSR count). The molecule has 1 aliphatic rings. The number of ether oxygens (including phenoxy) is 2. The van der Waals surface area contributed by atoms with E-state index in [1.165, 1.54) is 0 Å². The van der Waals surface area contributed by atoms with E-state index >= 15 is 0 Å². The van der Waals surface area contributed by atoms with Crippen LogP contribution in [-0.4, -0.2) is 41.2 Å². The number of carbonyl (C=O) groups is 1. The second-order valence-electron chi connectivity index (χ2n) is 5.11. The third-order valence-electron chi connectivity index (χ3n) is 3.70. The quantitative estimate of drug-likeness (QED) is 0.946. The van der Waals surface area contributed by atoms with Gasteiger partial charge in [0, 0.05) is 18.5 Å². The van der Waals surface area contributed by atoms with Crippen molar-refractivity contribution in [1.82, 2.24) is 14.9 Å². The summed E-state index contributed by atoms with van der Waals surface area (Å²) in [5.41, 5.74) is 2.95. The maximum Gasteiger partial charge on any atom is 0.410 e. The fraction of sp³-hybridized carbons (Fsp3) is 0.375. The molecule has 0 spiro atoms. The van der Waals surface area contributed by atoms with Crippen LogP contribution in [0.25, 0.3) is 11.4 Å². The molecule has 1 aliphatic heterocycles. The van der Waals surface area contributed by atoms with Crippen molar-refractivity contribution in [1.29, 1.82) is 0 Å². The number of fused-ring (bicyclic) bond motifs is 1. The number of hydrogen-bond donors (Lipinski definition) is 1. The van der Waals surface area contributed by atoms with Gasteiger partial charge in [-0.05, 0) is 19.1 Å². The predicted molar refractivity (Wildman–Crippen MR) is 81.7 cm³/mol. The molecule has 2 heterocycles.